The zero-order valence-electron chi connectivity index (χ0n) is 14.9. The van der Waals surface area contributed by atoms with Crippen LogP contribution in [0.1, 0.15) is 33.6 Å². The third-order valence-electron chi connectivity index (χ3n) is 3.92. The van der Waals surface area contributed by atoms with Gasteiger partial charge in [-0.25, -0.2) is 4.79 Å². The number of hydrogen-bond donors (Lipinski definition) is 4. The van der Waals surface area contributed by atoms with Crippen molar-refractivity contribution < 1.29 is 9.90 Å². The molecule has 0 bridgehead atoms. The molecule has 2 rings (SSSR count). The van der Waals surface area contributed by atoms with Gasteiger partial charge in [0.2, 0.25) is 0 Å². The van der Waals surface area contributed by atoms with Crippen molar-refractivity contribution in [3.05, 3.63) is 24.3 Å². The van der Waals surface area contributed by atoms with Gasteiger partial charge in [0.05, 0.1) is 17.5 Å². The molecule has 0 aromatic heterocycles. The van der Waals surface area contributed by atoms with Gasteiger partial charge in [-0.1, -0.05) is 12.1 Å². The van der Waals surface area contributed by atoms with Crippen molar-refractivity contribution in [2.45, 2.75) is 45.3 Å². The summed E-state index contributed by atoms with van der Waals surface area (Å²) in [6.07, 6.45) is 1.44. The number of aliphatic hydroxyl groups excluding tert-OH is 1. The fourth-order valence-corrected chi connectivity index (χ4v) is 2.76. The molecular weight excluding hydrogens is 304 g/mol. The quantitative estimate of drug-likeness (QED) is 0.623. The van der Waals surface area contributed by atoms with Crippen LogP contribution in [0.25, 0.3) is 0 Å². The Hall–Kier alpha value is -1.95. The first-order chi connectivity index (χ1) is 11.3. The Morgan fingerprint density at radius 2 is 1.88 bits per heavy atom. The van der Waals surface area contributed by atoms with Crippen LogP contribution in [0.5, 0.6) is 0 Å². The summed E-state index contributed by atoms with van der Waals surface area (Å²) in [4.78, 5) is 14.0. The predicted octanol–water partition coefficient (Wildman–Crippen LogP) is 2.16. The molecule has 4 N–H and O–H groups in total. The predicted molar refractivity (Wildman–Crippen MR) is 98.7 cm³/mol. The highest BCUT2D eigenvalue weighted by Gasteiger charge is 2.19. The van der Waals surface area contributed by atoms with Gasteiger partial charge in [-0.15, -0.1) is 0 Å². The molecule has 0 atom stereocenters. The smallest absolute Gasteiger partial charge is 0.315 e. The molecule has 0 spiro atoms. The monoisotopic (exact) mass is 334 g/mol. The standard InChI is InChI=1S/C18H30N4O2/c1-18(2,3)21-17(24)20-11-10-19-15-6-4-5-7-16(15)22-12-8-14(23)9-13-22/h4-7,14,19,23H,8-13H2,1-3H3,(H2,20,21,24). The minimum Gasteiger partial charge on any atom is -0.393 e. The van der Waals surface area contributed by atoms with E-state index in [1.165, 1.54) is 0 Å². The number of nitrogens with zero attached hydrogens (tertiary/aromatic N) is 1. The number of carbonyl (C=O) groups excluding carboxylic acids is 1. The van der Waals surface area contributed by atoms with E-state index in [0.717, 1.165) is 37.3 Å². The number of anilines is 2. The maximum atomic E-state index is 11.7. The topological polar surface area (TPSA) is 76.6 Å². The fourth-order valence-electron chi connectivity index (χ4n) is 2.76. The van der Waals surface area contributed by atoms with E-state index in [1.54, 1.807) is 0 Å². The van der Waals surface area contributed by atoms with Gasteiger partial charge in [0.1, 0.15) is 0 Å². The van der Waals surface area contributed by atoms with Gasteiger partial charge in [-0.05, 0) is 45.7 Å². The number of aliphatic hydroxyl groups is 1. The van der Waals surface area contributed by atoms with Gasteiger partial charge < -0.3 is 26.0 Å². The molecule has 1 heterocycles. The van der Waals surface area contributed by atoms with Crippen LogP contribution in [0, 0.1) is 0 Å². The van der Waals surface area contributed by atoms with Crippen LogP contribution in [-0.2, 0) is 0 Å². The van der Waals surface area contributed by atoms with E-state index >= 15 is 0 Å². The molecule has 1 fully saturated rings. The van der Waals surface area contributed by atoms with Crippen LogP contribution < -0.4 is 20.9 Å². The van der Waals surface area contributed by atoms with Gasteiger partial charge >= 0.3 is 6.03 Å². The molecule has 0 saturated carbocycles. The van der Waals surface area contributed by atoms with Crippen molar-refractivity contribution in [3.63, 3.8) is 0 Å². The summed E-state index contributed by atoms with van der Waals surface area (Å²) in [5, 5.41) is 18.8. The second kappa shape index (κ2) is 8.24. The van der Waals surface area contributed by atoms with Crippen molar-refractivity contribution in [1.29, 1.82) is 0 Å². The highest BCUT2D eigenvalue weighted by atomic mass is 16.3. The molecule has 1 aromatic carbocycles. The number of rotatable bonds is 5. The van der Waals surface area contributed by atoms with Crippen LogP contribution in [0.2, 0.25) is 0 Å². The number of hydrogen-bond acceptors (Lipinski definition) is 4. The van der Waals surface area contributed by atoms with Crippen molar-refractivity contribution >= 4 is 17.4 Å². The van der Waals surface area contributed by atoms with E-state index in [2.05, 4.69) is 33.0 Å². The molecule has 6 heteroatoms. The first-order valence-corrected chi connectivity index (χ1v) is 8.67. The second-order valence-electron chi connectivity index (χ2n) is 7.29. The Morgan fingerprint density at radius 3 is 2.54 bits per heavy atom. The summed E-state index contributed by atoms with van der Waals surface area (Å²) >= 11 is 0. The molecule has 0 aliphatic carbocycles. The van der Waals surface area contributed by atoms with Crippen LogP contribution in [0.15, 0.2) is 24.3 Å². The largest absolute Gasteiger partial charge is 0.393 e. The molecule has 0 radical (unpaired) electrons. The molecule has 1 aliphatic heterocycles. The van der Waals surface area contributed by atoms with Gasteiger partial charge in [-0.2, -0.15) is 0 Å². The minimum atomic E-state index is -0.233. The molecule has 134 valence electrons. The van der Waals surface area contributed by atoms with Crippen LogP contribution in [0.3, 0.4) is 0 Å². The molecular formula is C18H30N4O2. The average molecular weight is 334 g/mol. The van der Waals surface area contributed by atoms with Crippen molar-refractivity contribution in [3.8, 4) is 0 Å². The van der Waals surface area contributed by atoms with E-state index in [9.17, 15) is 9.90 Å². The van der Waals surface area contributed by atoms with Crippen molar-refractivity contribution in [1.82, 2.24) is 10.6 Å². The highest BCUT2D eigenvalue weighted by Crippen LogP contribution is 2.28. The zero-order chi connectivity index (χ0) is 17.6. The minimum absolute atomic E-state index is 0.150. The van der Waals surface area contributed by atoms with Gasteiger partial charge in [0, 0.05) is 31.7 Å². The van der Waals surface area contributed by atoms with Crippen LogP contribution >= 0.6 is 0 Å². The lowest BCUT2D eigenvalue weighted by Gasteiger charge is -2.33. The Kier molecular flexibility index (Phi) is 6.31. The Morgan fingerprint density at radius 1 is 1.21 bits per heavy atom. The fraction of sp³-hybridized carbons (Fsp3) is 0.611. The molecule has 1 aliphatic rings. The number of para-hydroxylation sites is 2. The lowest BCUT2D eigenvalue weighted by Crippen LogP contribution is -2.47. The van der Waals surface area contributed by atoms with E-state index < -0.39 is 0 Å². The van der Waals surface area contributed by atoms with Crippen molar-refractivity contribution in [2.75, 3.05) is 36.4 Å². The summed E-state index contributed by atoms with van der Waals surface area (Å²) in [6, 6.07) is 8.03. The number of nitrogens with one attached hydrogen (secondary N) is 3. The molecule has 1 aromatic rings. The molecule has 6 nitrogen and oxygen atoms in total. The summed E-state index contributed by atoms with van der Waals surface area (Å²) in [7, 11) is 0. The lowest BCUT2D eigenvalue weighted by molar-refractivity contribution is 0.145. The SMILES string of the molecule is CC(C)(C)NC(=O)NCCNc1ccccc1N1CCC(O)CC1. The number of carbonyl (C=O) groups is 1. The van der Waals surface area contributed by atoms with E-state index in [-0.39, 0.29) is 17.7 Å². The van der Waals surface area contributed by atoms with Gasteiger partial charge in [0.25, 0.3) is 0 Å². The lowest BCUT2D eigenvalue weighted by atomic mass is 10.1. The normalized spacial score (nSPS) is 15.9. The van der Waals surface area contributed by atoms with E-state index in [0.29, 0.717) is 13.1 Å². The summed E-state index contributed by atoms with van der Waals surface area (Å²) < 4.78 is 0. The third-order valence-corrected chi connectivity index (χ3v) is 3.92. The van der Waals surface area contributed by atoms with Crippen LogP contribution in [0.4, 0.5) is 16.2 Å². The van der Waals surface area contributed by atoms with E-state index in [1.807, 2.05) is 32.9 Å². The Labute approximate surface area is 144 Å². The third kappa shape index (κ3) is 5.92. The average Bonchev–Trinajstić information content (AvgIpc) is 2.51. The van der Waals surface area contributed by atoms with Crippen LogP contribution in [-0.4, -0.2) is 49.0 Å². The van der Waals surface area contributed by atoms with E-state index in [4.69, 9.17) is 0 Å². The second-order valence-corrected chi connectivity index (χ2v) is 7.29. The maximum absolute atomic E-state index is 11.7. The molecule has 1 saturated heterocycles. The van der Waals surface area contributed by atoms with Crippen molar-refractivity contribution in [2.24, 2.45) is 0 Å². The number of urea groups is 1. The zero-order valence-corrected chi connectivity index (χ0v) is 14.9. The number of benzene rings is 1. The summed E-state index contributed by atoms with van der Waals surface area (Å²) in [6.45, 7) is 8.81. The maximum Gasteiger partial charge on any atom is 0.315 e. The first-order valence-electron chi connectivity index (χ1n) is 8.67. The first kappa shape index (κ1) is 18.4. The summed E-state index contributed by atoms with van der Waals surface area (Å²) in [5.41, 5.74) is 1.98. The Bertz CT molecular complexity index is 534. The molecule has 0 unspecified atom stereocenters. The number of piperidine rings is 1. The Balaban J connectivity index is 1.82. The van der Waals surface area contributed by atoms with Gasteiger partial charge in [0.15, 0.2) is 0 Å². The molecule has 24 heavy (non-hydrogen) atoms. The summed E-state index contributed by atoms with van der Waals surface area (Å²) in [5.74, 6) is 0. The number of amides is 2. The van der Waals surface area contributed by atoms with Gasteiger partial charge in [-0.3, -0.25) is 0 Å². The highest BCUT2D eigenvalue weighted by molar-refractivity contribution is 5.74. The molecule has 2 amide bonds.